The zero-order valence-electron chi connectivity index (χ0n) is 17.4. The minimum absolute atomic E-state index is 0.0612. The van der Waals surface area contributed by atoms with Crippen molar-refractivity contribution < 1.29 is 24.2 Å². The molecular formula is C24H27NO5. The van der Waals surface area contributed by atoms with Gasteiger partial charge in [-0.3, -0.25) is 4.79 Å². The normalized spacial score (nSPS) is 13.7. The number of methoxy groups -OCH3 is 2. The number of ether oxygens (including phenoxy) is 2. The summed E-state index contributed by atoms with van der Waals surface area (Å²) in [5.41, 5.74) is 4.07. The number of carboxylic acids is 1. The van der Waals surface area contributed by atoms with Crippen LogP contribution in [0, 0.1) is 0 Å². The molecule has 0 radical (unpaired) electrons. The van der Waals surface area contributed by atoms with Crippen LogP contribution in [0.25, 0.3) is 0 Å². The Kier molecular flexibility index (Phi) is 7.12. The highest BCUT2D eigenvalue weighted by atomic mass is 16.5. The maximum absolute atomic E-state index is 12.9. The quantitative estimate of drug-likeness (QED) is 0.685. The smallest absolute Gasteiger partial charge is 0.335 e. The van der Waals surface area contributed by atoms with Crippen molar-refractivity contribution in [3.8, 4) is 11.5 Å². The summed E-state index contributed by atoms with van der Waals surface area (Å²) in [7, 11) is 3.27. The molecule has 0 saturated carbocycles. The highest BCUT2D eigenvalue weighted by Crippen LogP contribution is 2.32. The summed E-state index contributed by atoms with van der Waals surface area (Å²) >= 11 is 0. The third-order valence-corrected chi connectivity index (χ3v) is 5.40. The Morgan fingerprint density at radius 3 is 2.40 bits per heavy atom. The molecule has 1 aliphatic rings. The number of hydrogen-bond donors (Lipinski definition) is 2. The van der Waals surface area contributed by atoms with Gasteiger partial charge in [-0.1, -0.05) is 17.7 Å². The van der Waals surface area contributed by atoms with Crippen molar-refractivity contribution in [2.45, 2.75) is 38.6 Å². The van der Waals surface area contributed by atoms with Gasteiger partial charge in [-0.15, -0.1) is 0 Å². The summed E-state index contributed by atoms with van der Waals surface area (Å²) in [6.07, 6.45) is 4.35. The molecule has 2 aromatic carbocycles. The number of benzene rings is 2. The van der Waals surface area contributed by atoms with Gasteiger partial charge in [-0.25, -0.2) is 4.79 Å². The first-order valence-electron chi connectivity index (χ1n) is 10.0. The van der Waals surface area contributed by atoms with E-state index in [0.717, 1.165) is 59.5 Å². The Balaban J connectivity index is 1.75. The Bertz CT molecular complexity index is 947. The monoisotopic (exact) mass is 409 g/mol. The molecular weight excluding hydrogens is 382 g/mol. The molecule has 0 heterocycles. The predicted octanol–water partition coefficient (Wildman–Crippen LogP) is 4.13. The first kappa shape index (κ1) is 21.4. The van der Waals surface area contributed by atoms with Crippen molar-refractivity contribution in [2.24, 2.45) is 0 Å². The van der Waals surface area contributed by atoms with Crippen molar-refractivity contribution in [1.82, 2.24) is 5.32 Å². The number of carbonyl (C=O) groups excluding carboxylic acids is 1. The van der Waals surface area contributed by atoms with Crippen LogP contribution in [0.2, 0.25) is 0 Å². The van der Waals surface area contributed by atoms with Crippen molar-refractivity contribution in [3.63, 3.8) is 0 Å². The summed E-state index contributed by atoms with van der Waals surface area (Å²) in [6.45, 7) is 0.359. The van der Waals surface area contributed by atoms with Crippen LogP contribution in [0.4, 0.5) is 0 Å². The molecule has 6 heteroatoms. The van der Waals surface area contributed by atoms with E-state index in [-0.39, 0.29) is 11.5 Å². The lowest BCUT2D eigenvalue weighted by Gasteiger charge is -2.21. The molecule has 0 bridgehead atoms. The number of hydrogen-bond acceptors (Lipinski definition) is 4. The molecule has 0 atom stereocenters. The van der Waals surface area contributed by atoms with Gasteiger partial charge in [0, 0.05) is 17.7 Å². The number of carbonyl (C=O) groups is 2. The lowest BCUT2D eigenvalue weighted by Crippen LogP contribution is -2.27. The van der Waals surface area contributed by atoms with Crippen molar-refractivity contribution in [1.29, 1.82) is 0 Å². The molecule has 1 aliphatic carbocycles. The Morgan fingerprint density at radius 1 is 1.00 bits per heavy atom. The first-order valence-corrected chi connectivity index (χ1v) is 10.0. The number of rotatable bonds is 8. The molecule has 1 amide bonds. The summed E-state index contributed by atoms with van der Waals surface area (Å²) in [4.78, 5) is 23.9. The molecule has 0 aromatic heterocycles. The SMILES string of the molecule is COc1ccc(OC)c(CC2=C(C(=O)NCc3ccc(C(=O)O)cc3)CCCC2)c1. The maximum atomic E-state index is 12.9. The topological polar surface area (TPSA) is 84.9 Å². The Labute approximate surface area is 176 Å². The number of carboxylic acid groups (broad SMARTS) is 1. The third kappa shape index (κ3) is 5.20. The second-order valence-electron chi connectivity index (χ2n) is 7.33. The van der Waals surface area contributed by atoms with E-state index < -0.39 is 5.97 Å². The van der Waals surface area contributed by atoms with Crippen LogP contribution < -0.4 is 14.8 Å². The van der Waals surface area contributed by atoms with Crippen molar-refractivity contribution in [2.75, 3.05) is 14.2 Å². The van der Waals surface area contributed by atoms with Crippen LogP contribution in [0.15, 0.2) is 53.6 Å². The fourth-order valence-electron chi connectivity index (χ4n) is 3.74. The standard InChI is InChI=1S/C24H27NO5/c1-29-20-11-12-22(30-2)19(14-20)13-18-5-3-4-6-21(18)23(26)25-15-16-7-9-17(10-8-16)24(27)28/h7-12,14H,3-6,13,15H2,1-2H3,(H,25,26)(H,27,28). The molecule has 0 saturated heterocycles. The Morgan fingerprint density at radius 2 is 1.73 bits per heavy atom. The van der Waals surface area contributed by atoms with Gasteiger partial charge in [0.05, 0.1) is 19.8 Å². The van der Waals surface area contributed by atoms with Gasteiger partial charge in [-0.05, 0) is 68.0 Å². The largest absolute Gasteiger partial charge is 0.497 e. The number of allylic oxidation sites excluding steroid dienone is 1. The van der Waals surface area contributed by atoms with E-state index in [0.29, 0.717) is 13.0 Å². The number of nitrogens with one attached hydrogen (secondary N) is 1. The number of amides is 1. The molecule has 0 aliphatic heterocycles. The van der Waals surface area contributed by atoms with E-state index in [1.807, 2.05) is 18.2 Å². The average Bonchev–Trinajstić information content (AvgIpc) is 2.78. The predicted molar refractivity (Wildman–Crippen MR) is 114 cm³/mol. The van der Waals surface area contributed by atoms with Crippen LogP contribution in [-0.4, -0.2) is 31.2 Å². The maximum Gasteiger partial charge on any atom is 0.335 e. The number of aromatic carboxylic acids is 1. The first-order chi connectivity index (χ1) is 14.5. The van der Waals surface area contributed by atoms with E-state index in [4.69, 9.17) is 14.6 Å². The van der Waals surface area contributed by atoms with Gasteiger partial charge >= 0.3 is 5.97 Å². The zero-order chi connectivity index (χ0) is 21.5. The fourth-order valence-corrected chi connectivity index (χ4v) is 3.74. The van der Waals surface area contributed by atoms with E-state index in [1.54, 1.807) is 38.5 Å². The van der Waals surface area contributed by atoms with Crippen LogP contribution >= 0.6 is 0 Å². The minimum atomic E-state index is -0.962. The summed E-state index contributed by atoms with van der Waals surface area (Å²) in [5.74, 6) is 0.523. The van der Waals surface area contributed by atoms with Crippen molar-refractivity contribution in [3.05, 3.63) is 70.3 Å². The van der Waals surface area contributed by atoms with Gasteiger partial charge in [0.25, 0.3) is 0 Å². The average molecular weight is 409 g/mol. The molecule has 3 rings (SSSR count). The highest BCUT2D eigenvalue weighted by Gasteiger charge is 2.20. The zero-order valence-corrected chi connectivity index (χ0v) is 17.4. The van der Waals surface area contributed by atoms with Crippen LogP contribution in [-0.2, 0) is 17.8 Å². The summed E-state index contributed by atoms with van der Waals surface area (Å²) in [5, 5.41) is 12.0. The lowest BCUT2D eigenvalue weighted by molar-refractivity contribution is -0.118. The lowest BCUT2D eigenvalue weighted by atomic mass is 9.87. The molecule has 0 unspecified atom stereocenters. The van der Waals surface area contributed by atoms with E-state index in [2.05, 4.69) is 5.32 Å². The fraction of sp³-hybridized carbons (Fsp3) is 0.333. The van der Waals surface area contributed by atoms with Crippen LogP contribution in [0.3, 0.4) is 0 Å². The molecule has 0 spiro atoms. The molecule has 30 heavy (non-hydrogen) atoms. The molecule has 0 fully saturated rings. The van der Waals surface area contributed by atoms with Crippen LogP contribution in [0.1, 0.15) is 47.2 Å². The summed E-state index contributed by atoms with van der Waals surface area (Å²) < 4.78 is 10.8. The Hall–Kier alpha value is -3.28. The van der Waals surface area contributed by atoms with Gasteiger partial charge in [0.2, 0.25) is 5.91 Å². The van der Waals surface area contributed by atoms with Gasteiger partial charge in [0.15, 0.2) is 0 Å². The highest BCUT2D eigenvalue weighted by molar-refractivity contribution is 5.94. The van der Waals surface area contributed by atoms with E-state index in [9.17, 15) is 9.59 Å². The third-order valence-electron chi connectivity index (χ3n) is 5.40. The summed E-state index contributed by atoms with van der Waals surface area (Å²) in [6, 6.07) is 12.2. The van der Waals surface area contributed by atoms with Gasteiger partial charge in [-0.2, -0.15) is 0 Å². The van der Waals surface area contributed by atoms with Gasteiger partial charge in [0.1, 0.15) is 11.5 Å². The second-order valence-corrected chi connectivity index (χ2v) is 7.33. The minimum Gasteiger partial charge on any atom is -0.497 e. The molecule has 2 N–H and O–H groups in total. The van der Waals surface area contributed by atoms with Gasteiger partial charge < -0.3 is 19.9 Å². The van der Waals surface area contributed by atoms with E-state index in [1.165, 1.54) is 0 Å². The second kappa shape index (κ2) is 9.96. The molecule has 2 aromatic rings. The van der Waals surface area contributed by atoms with E-state index >= 15 is 0 Å². The van der Waals surface area contributed by atoms with Crippen LogP contribution in [0.5, 0.6) is 11.5 Å². The molecule has 6 nitrogen and oxygen atoms in total. The van der Waals surface area contributed by atoms with Crippen molar-refractivity contribution >= 4 is 11.9 Å². The molecule has 158 valence electrons.